The number of carbonyl (C=O) groups excluding carboxylic acids is 1. The molecule has 1 atom stereocenters. The van der Waals surface area contributed by atoms with Gasteiger partial charge in [-0.3, -0.25) is 0 Å². The van der Waals surface area contributed by atoms with Gasteiger partial charge in [0.1, 0.15) is 5.75 Å². The summed E-state index contributed by atoms with van der Waals surface area (Å²) in [5.41, 5.74) is 0.985. The largest absolute Gasteiger partial charge is 0.473 e. The Morgan fingerprint density at radius 1 is 1.26 bits per heavy atom. The Labute approximate surface area is 111 Å². The molecule has 19 heavy (non-hydrogen) atoms. The monoisotopic (exact) mass is 254 g/mol. The Morgan fingerprint density at radius 3 is 2.95 bits per heavy atom. The van der Waals surface area contributed by atoms with Crippen LogP contribution >= 0.6 is 0 Å². The van der Waals surface area contributed by atoms with Crippen molar-refractivity contribution < 1.29 is 14.3 Å². The zero-order valence-corrected chi connectivity index (χ0v) is 10.6. The summed E-state index contributed by atoms with van der Waals surface area (Å²) in [5.74, 6) is 0.399. The Balaban J connectivity index is 2.03. The molecule has 0 fully saturated rings. The zero-order valence-electron chi connectivity index (χ0n) is 10.6. The first-order chi connectivity index (χ1) is 9.29. The van der Waals surface area contributed by atoms with Crippen molar-refractivity contribution in [2.45, 2.75) is 13.0 Å². The van der Waals surface area contributed by atoms with Crippen LogP contribution in [-0.2, 0) is 9.53 Å². The molecule has 0 saturated carbocycles. The smallest absolute Gasteiger partial charge is 0.351 e. The fraction of sp³-hybridized carbons (Fsp3) is 0.188. The highest BCUT2D eigenvalue weighted by Crippen LogP contribution is 2.34. The second-order valence-electron chi connectivity index (χ2n) is 4.35. The minimum absolute atomic E-state index is 0.350. The van der Waals surface area contributed by atoms with E-state index in [1.165, 1.54) is 0 Å². The predicted molar refractivity (Wildman–Crippen MR) is 74.0 cm³/mol. The van der Waals surface area contributed by atoms with Gasteiger partial charge in [0, 0.05) is 10.9 Å². The molecular formula is C16H14O3. The third-order valence-corrected chi connectivity index (χ3v) is 3.12. The highest BCUT2D eigenvalue weighted by atomic mass is 16.6. The number of rotatable bonds is 2. The van der Waals surface area contributed by atoms with Gasteiger partial charge in [0.2, 0.25) is 6.10 Å². The van der Waals surface area contributed by atoms with Crippen LogP contribution in [0, 0.1) is 0 Å². The van der Waals surface area contributed by atoms with Gasteiger partial charge in [-0.05, 0) is 18.4 Å². The van der Waals surface area contributed by atoms with E-state index < -0.39 is 6.10 Å². The van der Waals surface area contributed by atoms with Crippen molar-refractivity contribution in [1.82, 2.24) is 0 Å². The van der Waals surface area contributed by atoms with E-state index in [0.29, 0.717) is 6.61 Å². The quantitative estimate of drug-likeness (QED) is 0.772. The molecule has 0 amide bonds. The summed E-state index contributed by atoms with van der Waals surface area (Å²) in [6, 6.07) is 12.0. The van der Waals surface area contributed by atoms with Crippen LogP contribution in [0.5, 0.6) is 5.75 Å². The summed E-state index contributed by atoms with van der Waals surface area (Å²) in [4.78, 5) is 11.7. The molecule has 96 valence electrons. The van der Waals surface area contributed by atoms with Crippen molar-refractivity contribution >= 4 is 22.8 Å². The van der Waals surface area contributed by atoms with Gasteiger partial charge in [0.15, 0.2) is 0 Å². The van der Waals surface area contributed by atoms with E-state index >= 15 is 0 Å². The molecule has 2 aromatic carbocycles. The van der Waals surface area contributed by atoms with Crippen LogP contribution in [0.15, 0.2) is 42.5 Å². The summed E-state index contributed by atoms with van der Waals surface area (Å²) in [6.07, 6.45) is 2.99. The maximum Gasteiger partial charge on any atom is 0.351 e. The molecule has 0 bridgehead atoms. The van der Waals surface area contributed by atoms with Crippen molar-refractivity contribution in [2.24, 2.45) is 0 Å². The lowest BCUT2D eigenvalue weighted by molar-refractivity contribution is -0.149. The normalized spacial score (nSPS) is 16.8. The van der Waals surface area contributed by atoms with Gasteiger partial charge in [0.05, 0.1) is 6.61 Å². The lowest BCUT2D eigenvalue weighted by Crippen LogP contribution is -2.29. The minimum atomic E-state index is -0.654. The number of hydrogen-bond donors (Lipinski definition) is 0. The van der Waals surface area contributed by atoms with E-state index in [2.05, 4.69) is 0 Å². The molecular weight excluding hydrogens is 240 g/mol. The predicted octanol–water partition coefficient (Wildman–Crippen LogP) is 3.18. The fourth-order valence-electron chi connectivity index (χ4n) is 2.23. The lowest BCUT2D eigenvalue weighted by Gasteiger charge is -2.21. The third kappa shape index (κ3) is 2.08. The van der Waals surface area contributed by atoms with E-state index in [4.69, 9.17) is 9.47 Å². The second-order valence-corrected chi connectivity index (χ2v) is 4.35. The Morgan fingerprint density at radius 2 is 2.11 bits per heavy atom. The van der Waals surface area contributed by atoms with Crippen LogP contribution < -0.4 is 4.74 Å². The highest BCUT2D eigenvalue weighted by molar-refractivity contribution is 5.93. The van der Waals surface area contributed by atoms with Gasteiger partial charge < -0.3 is 9.47 Å². The first-order valence-corrected chi connectivity index (χ1v) is 6.33. The van der Waals surface area contributed by atoms with Crippen LogP contribution in [0.4, 0.5) is 0 Å². The van der Waals surface area contributed by atoms with Gasteiger partial charge in [-0.1, -0.05) is 42.5 Å². The van der Waals surface area contributed by atoms with Gasteiger partial charge in [-0.15, -0.1) is 0 Å². The summed E-state index contributed by atoms with van der Waals surface area (Å²) < 4.78 is 10.8. The van der Waals surface area contributed by atoms with Gasteiger partial charge in [0.25, 0.3) is 0 Å². The lowest BCUT2D eigenvalue weighted by atomic mass is 10.0. The molecule has 0 aromatic heterocycles. The van der Waals surface area contributed by atoms with Crippen molar-refractivity contribution in [3.05, 3.63) is 48.0 Å². The number of esters is 1. The van der Waals surface area contributed by atoms with Crippen molar-refractivity contribution in [2.75, 3.05) is 6.61 Å². The molecule has 0 N–H and O–H groups in total. The molecule has 1 unspecified atom stereocenters. The first-order valence-electron chi connectivity index (χ1n) is 6.33. The summed E-state index contributed by atoms with van der Waals surface area (Å²) in [5, 5.41) is 2.11. The van der Waals surface area contributed by atoms with Gasteiger partial charge >= 0.3 is 5.97 Å². The third-order valence-electron chi connectivity index (χ3n) is 3.12. The van der Waals surface area contributed by atoms with E-state index in [0.717, 1.165) is 22.1 Å². The number of hydrogen-bond acceptors (Lipinski definition) is 3. The van der Waals surface area contributed by atoms with E-state index in [9.17, 15) is 4.79 Å². The topological polar surface area (TPSA) is 35.5 Å². The van der Waals surface area contributed by atoms with Crippen LogP contribution in [0.1, 0.15) is 12.5 Å². The molecule has 0 saturated heterocycles. The van der Waals surface area contributed by atoms with Gasteiger partial charge in [-0.2, -0.15) is 0 Å². The number of benzene rings is 2. The van der Waals surface area contributed by atoms with Crippen LogP contribution in [0.25, 0.3) is 16.8 Å². The average Bonchev–Trinajstić information content (AvgIpc) is 2.47. The van der Waals surface area contributed by atoms with Crippen molar-refractivity contribution in [1.29, 1.82) is 0 Å². The molecule has 3 nitrogen and oxygen atoms in total. The van der Waals surface area contributed by atoms with Crippen molar-refractivity contribution in [3.63, 3.8) is 0 Å². The van der Waals surface area contributed by atoms with E-state index in [-0.39, 0.29) is 5.97 Å². The highest BCUT2D eigenvalue weighted by Gasteiger charge is 2.24. The molecule has 1 aliphatic heterocycles. The van der Waals surface area contributed by atoms with Gasteiger partial charge in [-0.25, -0.2) is 4.79 Å². The Hall–Kier alpha value is -2.29. The molecule has 3 rings (SSSR count). The second kappa shape index (κ2) is 4.76. The Kier molecular flexibility index (Phi) is 2.95. The molecule has 0 spiro atoms. The molecule has 1 aliphatic rings. The Bertz CT molecular complexity index is 658. The molecule has 1 heterocycles. The molecule has 2 aromatic rings. The number of ether oxygens (including phenoxy) is 2. The summed E-state index contributed by atoms with van der Waals surface area (Å²) in [6.45, 7) is 2.14. The maximum atomic E-state index is 11.7. The number of fused-ring (bicyclic) bond motifs is 3. The number of carbonyl (C=O) groups is 1. The van der Waals surface area contributed by atoms with Crippen LogP contribution in [-0.4, -0.2) is 18.7 Å². The fourth-order valence-corrected chi connectivity index (χ4v) is 2.23. The average molecular weight is 254 g/mol. The standard InChI is InChI=1S/C16H14O3/c1-2-18-16(17)14-10-9-12-8-7-11-5-3-4-6-13(11)15(12)19-14/h3-10,14H,2H2,1H3. The van der Waals surface area contributed by atoms with Crippen LogP contribution in [0.2, 0.25) is 0 Å². The molecule has 0 aliphatic carbocycles. The SMILES string of the molecule is CCOC(=O)C1C=Cc2ccc3ccccc3c2O1. The molecule has 0 radical (unpaired) electrons. The van der Waals surface area contributed by atoms with E-state index in [1.54, 1.807) is 13.0 Å². The summed E-state index contributed by atoms with van der Waals surface area (Å²) in [7, 11) is 0. The maximum absolute atomic E-state index is 11.7. The minimum Gasteiger partial charge on any atom is -0.473 e. The van der Waals surface area contributed by atoms with E-state index in [1.807, 2.05) is 42.5 Å². The van der Waals surface area contributed by atoms with Crippen molar-refractivity contribution in [3.8, 4) is 5.75 Å². The molecule has 3 heteroatoms. The van der Waals surface area contributed by atoms with Crippen LogP contribution in [0.3, 0.4) is 0 Å². The first kappa shape index (κ1) is 11.8. The zero-order chi connectivity index (χ0) is 13.2. The summed E-state index contributed by atoms with van der Waals surface area (Å²) >= 11 is 0.